The Labute approximate surface area is 81.5 Å². The van der Waals surface area contributed by atoms with E-state index in [1.54, 1.807) is 12.1 Å². The van der Waals surface area contributed by atoms with Gasteiger partial charge in [-0.25, -0.2) is 4.79 Å². The predicted molar refractivity (Wildman–Crippen MR) is 51.1 cm³/mol. The number of ether oxygens (including phenoxy) is 1. The van der Waals surface area contributed by atoms with E-state index in [9.17, 15) is 4.79 Å². The van der Waals surface area contributed by atoms with Gasteiger partial charge in [0.2, 0.25) is 0 Å². The molecule has 2 rings (SSSR count). The number of hydrogen-bond acceptors (Lipinski definition) is 4. The molecule has 0 amide bonds. The molecule has 0 saturated heterocycles. The van der Waals surface area contributed by atoms with Crippen molar-refractivity contribution in [3.63, 3.8) is 0 Å². The second-order valence-electron chi connectivity index (χ2n) is 3.06. The molecule has 2 N–H and O–H groups in total. The average molecular weight is 193 g/mol. The average Bonchev–Trinajstić information content (AvgIpc) is 2.58. The summed E-state index contributed by atoms with van der Waals surface area (Å²) in [6.45, 7) is 0.867. The third-order valence-electron chi connectivity index (χ3n) is 2.17. The Morgan fingerprint density at radius 3 is 3.14 bits per heavy atom. The summed E-state index contributed by atoms with van der Waals surface area (Å²) in [6.07, 6.45) is 0. The molecule has 0 aromatic heterocycles. The first-order valence-electron chi connectivity index (χ1n) is 4.46. The fraction of sp³-hybridized carbons (Fsp3) is 0.300. The molecule has 1 aromatic carbocycles. The van der Waals surface area contributed by atoms with Crippen molar-refractivity contribution in [2.75, 3.05) is 18.5 Å². The van der Waals surface area contributed by atoms with E-state index in [-0.39, 0.29) is 12.6 Å². The van der Waals surface area contributed by atoms with Crippen LogP contribution in [-0.4, -0.2) is 24.2 Å². The van der Waals surface area contributed by atoms with Gasteiger partial charge in [0.05, 0.1) is 12.2 Å². The number of hydrogen-bond donors (Lipinski definition) is 2. The first-order chi connectivity index (χ1) is 6.83. The van der Waals surface area contributed by atoms with Gasteiger partial charge in [0, 0.05) is 17.8 Å². The Morgan fingerprint density at radius 1 is 1.50 bits per heavy atom. The van der Waals surface area contributed by atoms with Crippen LogP contribution in [0.15, 0.2) is 18.2 Å². The number of carbonyl (C=O) groups excluding carboxylic acids is 1. The molecule has 0 saturated carbocycles. The smallest absolute Gasteiger partial charge is 0.338 e. The first-order valence-corrected chi connectivity index (χ1v) is 4.46. The zero-order chi connectivity index (χ0) is 9.97. The first kappa shape index (κ1) is 9.02. The van der Waals surface area contributed by atoms with Gasteiger partial charge < -0.3 is 15.2 Å². The summed E-state index contributed by atoms with van der Waals surface area (Å²) in [6, 6.07) is 5.41. The highest BCUT2D eigenvalue weighted by Gasteiger charge is 2.22. The Morgan fingerprint density at radius 2 is 2.36 bits per heavy atom. The normalized spacial score (nSPS) is 13.6. The van der Waals surface area contributed by atoms with Gasteiger partial charge in [-0.15, -0.1) is 0 Å². The van der Waals surface area contributed by atoms with E-state index in [2.05, 4.69) is 5.32 Å². The highest BCUT2D eigenvalue weighted by atomic mass is 16.5. The van der Waals surface area contributed by atoms with Gasteiger partial charge in [-0.2, -0.15) is 0 Å². The van der Waals surface area contributed by atoms with Crippen LogP contribution < -0.4 is 5.32 Å². The predicted octanol–water partition coefficient (Wildman–Crippen LogP) is 0.761. The number of aliphatic hydroxyl groups is 1. The van der Waals surface area contributed by atoms with Crippen molar-refractivity contribution in [1.29, 1.82) is 0 Å². The molecule has 1 heterocycles. The molecule has 4 nitrogen and oxygen atoms in total. The summed E-state index contributed by atoms with van der Waals surface area (Å²) in [5.41, 5.74) is 2.36. The van der Waals surface area contributed by atoms with Crippen LogP contribution in [0.2, 0.25) is 0 Å². The highest BCUT2D eigenvalue weighted by molar-refractivity contribution is 5.95. The third kappa shape index (κ3) is 1.44. The maximum atomic E-state index is 11.2. The van der Waals surface area contributed by atoms with Crippen LogP contribution in [-0.2, 0) is 11.3 Å². The van der Waals surface area contributed by atoms with Crippen LogP contribution in [0.4, 0.5) is 5.69 Å². The fourth-order valence-corrected chi connectivity index (χ4v) is 1.51. The maximum Gasteiger partial charge on any atom is 0.338 e. The van der Waals surface area contributed by atoms with Crippen LogP contribution in [0.5, 0.6) is 0 Å². The van der Waals surface area contributed by atoms with Gasteiger partial charge in [-0.1, -0.05) is 6.07 Å². The number of fused-ring (bicyclic) bond motifs is 1. The molecule has 0 aliphatic carbocycles. The molecule has 14 heavy (non-hydrogen) atoms. The Hall–Kier alpha value is -1.55. The standard InChI is InChI=1S/C10H11NO3/c12-5-4-11-9-3-1-2-7-8(9)6-14-10(7)13/h1-3,11-12H,4-6H2. The molecule has 4 heteroatoms. The number of anilines is 1. The van der Waals surface area contributed by atoms with Gasteiger partial charge in [0.15, 0.2) is 0 Å². The molecule has 74 valence electrons. The van der Waals surface area contributed by atoms with E-state index in [0.29, 0.717) is 18.7 Å². The number of nitrogens with one attached hydrogen (secondary N) is 1. The van der Waals surface area contributed by atoms with E-state index >= 15 is 0 Å². The van der Waals surface area contributed by atoms with E-state index < -0.39 is 0 Å². The van der Waals surface area contributed by atoms with Crippen LogP contribution in [0.1, 0.15) is 15.9 Å². The van der Waals surface area contributed by atoms with E-state index in [1.165, 1.54) is 0 Å². The van der Waals surface area contributed by atoms with Crippen molar-refractivity contribution < 1.29 is 14.6 Å². The molecular formula is C10H11NO3. The van der Waals surface area contributed by atoms with Crippen molar-refractivity contribution in [2.24, 2.45) is 0 Å². The summed E-state index contributed by atoms with van der Waals surface area (Å²) in [5, 5.41) is 11.7. The van der Waals surface area contributed by atoms with Crippen LogP contribution >= 0.6 is 0 Å². The van der Waals surface area contributed by atoms with Crippen molar-refractivity contribution in [3.8, 4) is 0 Å². The van der Waals surface area contributed by atoms with Crippen molar-refractivity contribution >= 4 is 11.7 Å². The van der Waals surface area contributed by atoms with Crippen LogP contribution in [0, 0.1) is 0 Å². The van der Waals surface area contributed by atoms with Gasteiger partial charge in [0.25, 0.3) is 0 Å². The van der Waals surface area contributed by atoms with Gasteiger partial charge in [0.1, 0.15) is 6.61 Å². The fourth-order valence-electron chi connectivity index (χ4n) is 1.51. The maximum absolute atomic E-state index is 11.2. The molecule has 1 aliphatic rings. The molecule has 1 aromatic rings. The summed E-state index contributed by atoms with van der Waals surface area (Å²) >= 11 is 0. The van der Waals surface area contributed by atoms with E-state index in [4.69, 9.17) is 9.84 Å². The molecule has 1 aliphatic heterocycles. The van der Waals surface area contributed by atoms with Crippen molar-refractivity contribution in [1.82, 2.24) is 0 Å². The van der Waals surface area contributed by atoms with E-state index in [0.717, 1.165) is 11.3 Å². The topological polar surface area (TPSA) is 58.6 Å². The van der Waals surface area contributed by atoms with Gasteiger partial charge in [-0.3, -0.25) is 0 Å². The van der Waals surface area contributed by atoms with Crippen molar-refractivity contribution in [2.45, 2.75) is 6.61 Å². The summed E-state index contributed by atoms with van der Waals surface area (Å²) in [4.78, 5) is 11.2. The third-order valence-corrected chi connectivity index (χ3v) is 2.17. The Kier molecular flexibility index (Phi) is 2.37. The molecule has 0 radical (unpaired) electrons. The quantitative estimate of drug-likeness (QED) is 0.696. The largest absolute Gasteiger partial charge is 0.457 e. The summed E-state index contributed by atoms with van der Waals surface area (Å²) in [7, 11) is 0. The minimum Gasteiger partial charge on any atom is -0.457 e. The lowest BCUT2D eigenvalue weighted by molar-refractivity contribution is 0.0535. The van der Waals surface area contributed by atoms with Crippen molar-refractivity contribution in [3.05, 3.63) is 29.3 Å². The van der Waals surface area contributed by atoms with Crippen LogP contribution in [0.25, 0.3) is 0 Å². The number of aliphatic hydroxyl groups excluding tert-OH is 1. The number of cyclic esters (lactones) is 1. The molecule has 0 spiro atoms. The molecule has 0 fully saturated rings. The number of esters is 1. The number of benzene rings is 1. The lowest BCUT2D eigenvalue weighted by Crippen LogP contribution is -2.07. The lowest BCUT2D eigenvalue weighted by Gasteiger charge is -2.07. The number of rotatable bonds is 3. The Bertz CT molecular complexity index is 362. The number of carbonyl (C=O) groups is 1. The minimum atomic E-state index is -0.271. The van der Waals surface area contributed by atoms with Gasteiger partial charge in [-0.05, 0) is 12.1 Å². The molecule has 0 unspecified atom stereocenters. The highest BCUT2D eigenvalue weighted by Crippen LogP contribution is 2.26. The molecule has 0 atom stereocenters. The monoisotopic (exact) mass is 193 g/mol. The Balaban J connectivity index is 2.29. The van der Waals surface area contributed by atoms with Crippen LogP contribution in [0.3, 0.4) is 0 Å². The minimum absolute atomic E-state index is 0.0679. The lowest BCUT2D eigenvalue weighted by atomic mass is 10.1. The SMILES string of the molecule is O=C1OCc2c(NCCO)cccc21. The van der Waals surface area contributed by atoms with E-state index in [1.807, 2.05) is 6.07 Å². The van der Waals surface area contributed by atoms with Gasteiger partial charge >= 0.3 is 5.97 Å². The second kappa shape index (κ2) is 3.67. The molecule has 0 bridgehead atoms. The summed E-state index contributed by atoms with van der Waals surface area (Å²) < 4.78 is 4.90. The summed E-state index contributed by atoms with van der Waals surface area (Å²) in [5.74, 6) is -0.271. The second-order valence-corrected chi connectivity index (χ2v) is 3.06. The zero-order valence-corrected chi connectivity index (χ0v) is 7.62. The molecular weight excluding hydrogens is 182 g/mol. The zero-order valence-electron chi connectivity index (χ0n) is 7.62.